The van der Waals surface area contributed by atoms with Crippen molar-refractivity contribution in [3.8, 4) is 0 Å². The smallest absolute Gasteiger partial charge is 0.372 e. The summed E-state index contributed by atoms with van der Waals surface area (Å²) >= 11 is 0. The van der Waals surface area contributed by atoms with Crippen LogP contribution in [-0.4, -0.2) is 44.6 Å². The molecule has 2 rings (SSSR count). The fraction of sp³-hybridized carbons (Fsp3) is 0.533. The van der Waals surface area contributed by atoms with Gasteiger partial charge in [-0.1, -0.05) is 0 Å². The molecule has 1 aromatic rings. The molecule has 0 amide bonds. The highest BCUT2D eigenvalue weighted by Crippen LogP contribution is 2.37. The number of sulfonamides is 1. The number of benzene rings is 1. The van der Waals surface area contributed by atoms with Crippen LogP contribution in [0.5, 0.6) is 0 Å². The van der Waals surface area contributed by atoms with Crippen LogP contribution >= 0.6 is 0 Å². The number of nitrogens with two attached hydrogens (primary N) is 1. The molecule has 0 aromatic heterocycles. The Labute approximate surface area is 157 Å². The summed E-state index contributed by atoms with van der Waals surface area (Å²) in [5.41, 5.74) is 2.12. The van der Waals surface area contributed by atoms with Gasteiger partial charge in [-0.2, -0.15) is 34.8 Å². The number of nitrogens with zero attached hydrogens (tertiary/aromatic N) is 2. The summed E-state index contributed by atoms with van der Waals surface area (Å²) in [4.78, 5) is 0.0706. The van der Waals surface area contributed by atoms with Crippen molar-refractivity contribution in [2.24, 2.45) is 10.1 Å². The Bertz CT molecular complexity index is 825. The second-order valence-corrected chi connectivity index (χ2v) is 7.93. The molecule has 0 aliphatic carbocycles. The third kappa shape index (κ3) is 5.28. The van der Waals surface area contributed by atoms with Gasteiger partial charge in [0.1, 0.15) is 0 Å². The predicted octanol–water partition coefficient (Wildman–Crippen LogP) is 2.84. The molecule has 158 valence electrons. The molecule has 0 spiro atoms. The molecule has 0 bridgehead atoms. The van der Waals surface area contributed by atoms with E-state index in [-0.39, 0.29) is 43.5 Å². The minimum atomic E-state index is -5.18. The zero-order valence-electron chi connectivity index (χ0n) is 14.7. The lowest BCUT2D eigenvalue weighted by molar-refractivity contribution is -0.143. The van der Waals surface area contributed by atoms with Gasteiger partial charge in [-0.3, -0.25) is 0 Å². The second kappa shape index (κ2) is 7.43. The van der Waals surface area contributed by atoms with Gasteiger partial charge in [-0.25, -0.2) is 0 Å². The molecular weight excluding hydrogens is 416 g/mol. The highest BCUT2D eigenvalue weighted by atomic mass is 32.2. The first kappa shape index (κ1) is 22.3. The number of hydrogen-bond acceptors (Lipinski definition) is 3. The molecule has 2 atom stereocenters. The van der Waals surface area contributed by atoms with Crippen LogP contribution in [-0.2, 0) is 27.1 Å². The number of alkyl halides is 6. The maximum Gasteiger partial charge on any atom is 0.416 e. The van der Waals surface area contributed by atoms with Crippen molar-refractivity contribution >= 4 is 16.0 Å². The highest BCUT2D eigenvalue weighted by Gasteiger charge is 2.38. The maximum atomic E-state index is 12.9. The first-order chi connectivity index (χ1) is 12.6. The minimum Gasteiger partial charge on any atom is -0.372 e. The minimum absolute atomic E-state index is 0.0892. The van der Waals surface area contributed by atoms with Gasteiger partial charge < -0.3 is 15.4 Å². The Hall–Kier alpha value is -2.02. The van der Waals surface area contributed by atoms with Crippen LogP contribution in [0.4, 0.5) is 26.3 Å². The largest absolute Gasteiger partial charge is 0.416 e. The van der Waals surface area contributed by atoms with Crippen molar-refractivity contribution in [2.75, 3.05) is 13.1 Å². The molecule has 28 heavy (non-hydrogen) atoms. The number of halogens is 6. The first-order valence-electron chi connectivity index (χ1n) is 7.90. The predicted molar refractivity (Wildman–Crippen MR) is 86.8 cm³/mol. The van der Waals surface area contributed by atoms with Gasteiger partial charge in [0.05, 0.1) is 28.2 Å². The summed E-state index contributed by atoms with van der Waals surface area (Å²) in [5.74, 6) is -0.548. The van der Waals surface area contributed by atoms with E-state index in [9.17, 15) is 34.8 Å². The molecule has 0 radical (unpaired) electrons. The molecule has 6 nitrogen and oxygen atoms in total. The lowest BCUT2D eigenvalue weighted by Gasteiger charge is -2.35. The van der Waals surface area contributed by atoms with Gasteiger partial charge >= 0.3 is 12.4 Å². The van der Waals surface area contributed by atoms with E-state index in [0.29, 0.717) is 0 Å². The van der Waals surface area contributed by atoms with Gasteiger partial charge in [0.25, 0.3) is 10.0 Å². The number of guanidine groups is 1. The normalized spacial score (nSPS) is 22.4. The fourth-order valence-corrected chi connectivity index (χ4v) is 3.69. The van der Waals surface area contributed by atoms with Crippen molar-refractivity contribution in [3.05, 3.63) is 29.3 Å². The number of ether oxygens (including phenoxy) is 1. The van der Waals surface area contributed by atoms with Gasteiger partial charge in [-0.05, 0) is 32.0 Å². The Balaban J connectivity index is 2.49. The zero-order valence-corrected chi connectivity index (χ0v) is 15.5. The standard InChI is InChI=1S/C15H17F6N3O3S/c1-8-6-24(7-9(2)27-8)13(22)23-28(25,26)12-4-10(14(16,17)18)3-11(5-12)15(19,20)21/h3-5,8-9H,6-7H2,1-2H3,(H2,22,23)/t8-,9+. The van der Waals surface area contributed by atoms with Crippen LogP contribution in [0.1, 0.15) is 25.0 Å². The van der Waals surface area contributed by atoms with Gasteiger partial charge in [0.2, 0.25) is 5.96 Å². The quantitative estimate of drug-likeness (QED) is 0.441. The number of rotatable bonds is 2. The highest BCUT2D eigenvalue weighted by molar-refractivity contribution is 7.90. The first-order valence-corrected chi connectivity index (χ1v) is 9.34. The molecule has 1 aliphatic heterocycles. The Morgan fingerprint density at radius 2 is 1.46 bits per heavy atom. The molecule has 1 saturated heterocycles. The van der Waals surface area contributed by atoms with Crippen LogP contribution in [0.15, 0.2) is 27.5 Å². The average Bonchev–Trinajstić information content (AvgIpc) is 2.51. The molecule has 1 aliphatic rings. The lowest BCUT2D eigenvalue weighted by atomic mass is 10.1. The van der Waals surface area contributed by atoms with Gasteiger partial charge in [0.15, 0.2) is 0 Å². The van der Waals surface area contributed by atoms with Crippen molar-refractivity contribution in [1.82, 2.24) is 4.90 Å². The van der Waals surface area contributed by atoms with E-state index in [4.69, 9.17) is 10.5 Å². The molecule has 0 saturated carbocycles. The average molecular weight is 433 g/mol. The molecule has 13 heteroatoms. The summed E-state index contributed by atoms with van der Waals surface area (Å²) in [6, 6.07) is 0.00919. The van der Waals surface area contributed by atoms with Crippen LogP contribution in [0.3, 0.4) is 0 Å². The van der Waals surface area contributed by atoms with E-state index >= 15 is 0 Å². The Morgan fingerprint density at radius 1 is 1.04 bits per heavy atom. The van der Waals surface area contributed by atoms with Gasteiger partial charge in [0, 0.05) is 13.1 Å². The summed E-state index contributed by atoms with van der Waals surface area (Å²) in [6.45, 7) is 3.69. The van der Waals surface area contributed by atoms with Crippen LogP contribution in [0, 0.1) is 0 Å². The Kier molecular flexibility index (Phi) is 5.91. The van der Waals surface area contributed by atoms with Crippen molar-refractivity contribution in [2.45, 2.75) is 43.3 Å². The molecule has 1 fully saturated rings. The van der Waals surface area contributed by atoms with Crippen LogP contribution in [0.2, 0.25) is 0 Å². The third-order valence-corrected chi connectivity index (χ3v) is 5.08. The molecule has 1 aromatic carbocycles. The van der Waals surface area contributed by atoms with E-state index in [2.05, 4.69) is 4.40 Å². The SMILES string of the molecule is C[C@@H]1CN(C(N)=NS(=O)(=O)c2cc(C(F)(F)F)cc(C(F)(F)F)c2)C[C@H](C)O1. The second-order valence-electron chi connectivity index (χ2n) is 6.33. The molecule has 0 unspecified atom stereocenters. The van der Waals surface area contributed by atoms with E-state index in [1.807, 2.05) is 0 Å². The summed E-state index contributed by atoms with van der Waals surface area (Å²) in [5, 5.41) is 0. The zero-order chi connectivity index (χ0) is 21.5. The molecule has 2 N–H and O–H groups in total. The summed E-state index contributed by atoms with van der Waals surface area (Å²) in [6.07, 6.45) is -11.0. The topological polar surface area (TPSA) is 85.0 Å². The van der Waals surface area contributed by atoms with Crippen LogP contribution in [0.25, 0.3) is 0 Å². The number of morpholine rings is 1. The molecular formula is C15H17F6N3O3S. The summed E-state index contributed by atoms with van der Waals surface area (Å²) in [7, 11) is -4.93. The van der Waals surface area contributed by atoms with Crippen molar-refractivity contribution in [3.63, 3.8) is 0 Å². The Morgan fingerprint density at radius 3 is 1.86 bits per heavy atom. The van der Waals surface area contributed by atoms with Crippen LogP contribution < -0.4 is 5.73 Å². The van der Waals surface area contributed by atoms with E-state index < -0.39 is 44.4 Å². The van der Waals surface area contributed by atoms with Crippen molar-refractivity contribution < 1.29 is 39.5 Å². The van der Waals surface area contributed by atoms with E-state index in [1.165, 1.54) is 4.90 Å². The summed E-state index contributed by atoms with van der Waals surface area (Å²) < 4.78 is 111. The number of hydrogen-bond donors (Lipinski definition) is 1. The molecule has 1 heterocycles. The van der Waals surface area contributed by atoms with E-state index in [0.717, 1.165) is 0 Å². The third-order valence-electron chi connectivity index (χ3n) is 3.82. The van der Waals surface area contributed by atoms with Crippen molar-refractivity contribution in [1.29, 1.82) is 0 Å². The lowest BCUT2D eigenvalue weighted by Crippen LogP contribution is -2.51. The maximum absolute atomic E-state index is 12.9. The van der Waals surface area contributed by atoms with Gasteiger partial charge in [-0.15, -0.1) is 4.40 Å². The fourth-order valence-electron chi connectivity index (χ4n) is 2.67. The monoisotopic (exact) mass is 433 g/mol. The van der Waals surface area contributed by atoms with E-state index in [1.54, 1.807) is 13.8 Å².